The summed E-state index contributed by atoms with van der Waals surface area (Å²) in [5, 5.41) is 14.6. The van der Waals surface area contributed by atoms with Gasteiger partial charge in [0, 0.05) is 24.9 Å². The van der Waals surface area contributed by atoms with Crippen molar-refractivity contribution >= 4 is 33.3 Å². The number of hydrogen-bond acceptors (Lipinski definition) is 5. The number of sulfonamides is 1. The fourth-order valence-corrected chi connectivity index (χ4v) is 3.90. The van der Waals surface area contributed by atoms with E-state index in [9.17, 15) is 22.4 Å². The highest BCUT2D eigenvalue weighted by atomic mass is 32.2. The Balaban J connectivity index is 1.89. The largest absolute Gasteiger partial charge is 0.481 e. The van der Waals surface area contributed by atoms with Gasteiger partial charge >= 0.3 is 5.97 Å². The van der Waals surface area contributed by atoms with Crippen LogP contribution in [0.4, 0.5) is 10.1 Å². The summed E-state index contributed by atoms with van der Waals surface area (Å²) in [5.41, 5.74) is 2.27. The average Bonchev–Trinajstić information content (AvgIpc) is 3.13. The molecule has 1 aliphatic heterocycles. The normalized spacial score (nSPS) is 16.1. The molecule has 1 heterocycles. The average molecular weight is 447 g/mol. The number of carbonyl (C=O) groups is 2. The first kappa shape index (κ1) is 22.4. The summed E-state index contributed by atoms with van der Waals surface area (Å²) in [4.78, 5) is 23.5. The highest BCUT2D eigenvalue weighted by Gasteiger charge is 2.33. The minimum Gasteiger partial charge on any atom is -0.481 e. The van der Waals surface area contributed by atoms with Gasteiger partial charge in [-0.1, -0.05) is 24.3 Å². The van der Waals surface area contributed by atoms with Gasteiger partial charge in [-0.15, -0.1) is 0 Å². The molecule has 2 aromatic carbocycles. The minimum absolute atomic E-state index is 0.0104. The lowest BCUT2D eigenvalue weighted by molar-refractivity contribution is -0.137. The Hall–Kier alpha value is -3.27. The topological polar surface area (TPSA) is 116 Å². The molecular weight excluding hydrogens is 425 g/mol. The first-order chi connectivity index (χ1) is 14.6. The zero-order chi connectivity index (χ0) is 22.6. The molecule has 164 valence electrons. The lowest BCUT2D eigenvalue weighted by Crippen LogP contribution is -2.27. The second kappa shape index (κ2) is 9.25. The number of nitrogens with one attached hydrogen (secondary N) is 1. The predicted octanol–water partition coefficient (Wildman–Crippen LogP) is 3.13. The number of hydrogen-bond donors (Lipinski definition) is 2. The summed E-state index contributed by atoms with van der Waals surface area (Å²) in [6, 6.07) is 12.0. The summed E-state index contributed by atoms with van der Waals surface area (Å²) in [5.74, 6) is -1.72. The van der Waals surface area contributed by atoms with Crippen LogP contribution in [-0.4, -0.2) is 42.4 Å². The van der Waals surface area contributed by atoms with Crippen LogP contribution in [0.1, 0.15) is 42.9 Å². The van der Waals surface area contributed by atoms with Crippen LogP contribution in [0.2, 0.25) is 0 Å². The molecule has 1 aliphatic rings. The first-order valence-electron chi connectivity index (χ1n) is 9.57. The molecule has 3 rings (SSSR count). The van der Waals surface area contributed by atoms with Crippen molar-refractivity contribution in [3.8, 4) is 0 Å². The van der Waals surface area contributed by atoms with E-state index >= 15 is 0 Å². The Morgan fingerprint density at radius 1 is 1.19 bits per heavy atom. The van der Waals surface area contributed by atoms with Gasteiger partial charge in [-0.3, -0.25) is 14.3 Å². The maximum Gasteiger partial charge on any atom is 0.303 e. The predicted molar refractivity (Wildman–Crippen MR) is 114 cm³/mol. The molecule has 0 saturated heterocycles. The highest BCUT2D eigenvalue weighted by Crippen LogP contribution is 2.34. The number of carboxylic acid groups (broad SMARTS) is 1. The van der Waals surface area contributed by atoms with E-state index in [2.05, 4.69) is 9.82 Å². The van der Waals surface area contributed by atoms with Crippen LogP contribution in [0, 0.1) is 5.82 Å². The molecule has 1 amide bonds. The number of rotatable bonds is 8. The van der Waals surface area contributed by atoms with Gasteiger partial charge < -0.3 is 5.11 Å². The number of halogens is 1. The third kappa shape index (κ3) is 6.11. The monoisotopic (exact) mass is 447 g/mol. The molecule has 0 aromatic heterocycles. The third-order valence-electron chi connectivity index (χ3n) is 4.70. The second-order valence-electron chi connectivity index (χ2n) is 7.26. The second-order valence-corrected chi connectivity index (χ2v) is 9.01. The van der Waals surface area contributed by atoms with Crippen LogP contribution in [-0.2, 0) is 19.6 Å². The van der Waals surface area contributed by atoms with Crippen molar-refractivity contribution in [2.45, 2.75) is 31.7 Å². The molecule has 0 fully saturated rings. The molecule has 0 spiro atoms. The van der Waals surface area contributed by atoms with Gasteiger partial charge in [-0.05, 0) is 41.8 Å². The summed E-state index contributed by atoms with van der Waals surface area (Å²) >= 11 is 0. The van der Waals surface area contributed by atoms with Gasteiger partial charge in [0.25, 0.3) is 0 Å². The molecule has 10 heteroatoms. The van der Waals surface area contributed by atoms with Crippen LogP contribution < -0.4 is 4.72 Å². The van der Waals surface area contributed by atoms with E-state index in [-0.39, 0.29) is 25.2 Å². The van der Waals surface area contributed by atoms with Crippen LogP contribution in [0.15, 0.2) is 53.6 Å². The molecule has 2 aromatic rings. The molecule has 2 N–H and O–H groups in total. The number of aliphatic carboxylic acids is 1. The third-order valence-corrected chi connectivity index (χ3v) is 5.31. The van der Waals surface area contributed by atoms with Gasteiger partial charge in [-0.2, -0.15) is 5.10 Å². The standard InChI is InChI=1S/C21H22FN3O5S/c1-31(29,30)24-17-5-2-4-15(12-17)18-13-19(14-8-10-16(22)11-9-14)25(23-18)20(26)6-3-7-21(27)28/h2,4-5,8-12,19,24H,3,6-7,13H2,1H3,(H,27,28)/t19-/m1/s1. The fourth-order valence-electron chi connectivity index (χ4n) is 3.34. The van der Waals surface area contributed by atoms with Crippen LogP contribution in [0.5, 0.6) is 0 Å². The van der Waals surface area contributed by atoms with Crippen molar-refractivity contribution in [1.82, 2.24) is 5.01 Å². The number of amides is 1. The van der Waals surface area contributed by atoms with E-state index < -0.39 is 27.9 Å². The number of carbonyl (C=O) groups excluding carboxylic acids is 1. The Morgan fingerprint density at radius 2 is 1.90 bits per heavy atom. The number of nitrogens with zero attached hydrogens (tertiary/aromatic N) is 2. The van der Waals surface area contributed by atoms with Crippen molar-refractivity contribution in [3.05, 3.63) is 65.5 Å². The van der Waals surface area contributed by atoms with E-state index in [1.165, 1.54) is 17.1 Å². The summed E-state index contributed by atoms with van der Waals surface area (Å²) in [6.45, 7) is 0. The molecule has 31 heavy (non-hydrogen) atoms. The molecule has 0 aliphatic carbocycles. The SMILES string of the molecule is CS(=O)(=O)Nc1cccc(C2=NN(C(=O)CCCC(=O)O)[C@@H](c3ccc(F)cc3)C2)c1. The zero-order valence-corrected chi connectivity index (χ0v) is 17.6. The van der Waals surface area contributed by atoms with Crippen molar-refractivity contribution < 1.29 is 27.5 Å². The zero-order valence-electron chi connectivity index (χ0n) is 16.8. The molecule has 0 saturated carbocycles. The lowest BCUT2D eigenvalue weighted by Gasteiger charge is -2.22. The van der Waals surface area contributed by atoms with Crippen LogP contribution in [0.3, 0.4) is 0 Å². The van der Waals surface area contributed by atoms with Gasteiger partial charge in [0.2, 0.25) is 15.9 Å². The highest BCUT2D eigenvalue weighted by molar-refractivity contribution is 7.92. The molecule has 0 unspecified atom stereocenters. The summed E-state index contributed by atoms with van der Waals surface area (Å²) in [7, 11) is -3.45. The molecule has 0 bridgehead atoms. The van der Waals surface area contributed by atoms with Gasteiger partial charge in [-0.25, -0.2) is 17.8 Å². The maximum atomic E-state index is 13.4. The van der Waals surface area contributed by atoms with Gasteiger partial charge in [0.05, 0.1) is 18.0 Å². The number of anilines is 1. The van der Waals surface area contributed by atoms with Crippen molar-refractivity contribution in [3.63, 3.8) is 0 Å². The van der Waals surface area contributed by atoms with Crippen LogP contribution in [0.25, 0.3) is 0 Å². The van der Waals surface area contributed by atoms with E-state index in [0.29, 0.717) is 28.9 Å². The van der Waals surface area contributed by atoms with Crippen molar-refractivity contribution in [2.24, 2.45) is 5.10 Å². The van der Waals surface area contributed by atoms with E-state index in [1.54, 1.807) is 36.4 Å². The van der Waals surface area contributed by atoms with E-state index in [0.717, 1.165) is 6.26 Å². The summed E-state index contributed by atoms with van der Waals surface area (Å²) < 4.78 is 38.8. The van der Waals surface area contributed by atoms with Gasteiger partial charge in [0.1, 0.15) is 5.82 Å². The van der Waals surface area contributed by atoms with Crippen molar-refractivity contribution in [1.29, 1.82) is 0 Å². The fraction of sp³-hybridized carbons (Fsp3) is 0.286. The Morgan fingerprint density at radius 3 is 2.55 bits per heavy atom. The number of hydrazone groups is 1. The summed E-state index contributed by atoms with van der Waals surface area (Å²) in [6.07, 6.45) is 1.46. The Labute approximate surface area is 179 Å². The molecule has 1 atom stereocenters. The minimum atomic E-state index is -3.45. The van der Waals surface area contributed by atoms with Crippen LogP contribution >= 0.6 is 0 Å². The van der Waals surface area contributed by atoms with E-state index in [1.807, 2.05) is 0 Å². The first-order valence-corrected chi connectivity index (χ1v) is 11.5. The smallest absolute Gasteiger partial charge is 0.303 e. The van der Waals surface area contributed by atoms with E-state index in [4.69, 9.17) is 5.11 Å². The molecule has 0 radical (unpaired) electrons. The molecular formula is C21H22FN3O5S. The number of carboxylic acids is 1. The lowest BCUT2D eigenvalue weighted by atomic mass is 9.98. The van der Waals surface area contributed by atoms with Crippen molar-refractivity contribution in [2.75, 3.05) is 11.0 Å². The molecule has 8 nitrogen and oxygen atoms in total. The van der Waals surface area contributed by atoms with Gasteiger partial charge in [0.15, 0.2) is 0 Å². The Kier molecular flexibility index (Phi) is 6.69. The number of benzene rings is 2. The Bertz CT molecular complexity index is 1120. The maximum absolute atomic E-state index is 13.4. The quantitative estimate of drug-likeness (QED) is 0.645.